The van der Waals surface area contributed by atoms with Gasteiger partial charge in [-0.15, -0.1) is 0 Å². The number of hydrogen-bond acceptors (Lipinski definition) is 6. The van der Waals surface area contributed by atoms with Crippen LogP contribution in [0.3, 0.4) is 0 Å². The SMILES string of the molecule is C=CC(=O)Nc1cccc(-c2cc(-c3ccc(C(=O)Nc4cc(C5CC5)ccn4)cc3)c(NC)c3cncnc23)c1. The van der Waals surface area contributed by atoms with Crippen molar-refractivity contribution in [2.75, 3.05) is 23.0 Å². The van der Waals surface area contributed by atoms with Crippen molar-refractivity contribution >= 4 is 39.9 Å². The molecule has 6 rings (SSSR count). The van der Waals surface area contributed by atoms with Crippen molar-refractivity contribution in [2.24, 2.45) is 0 Å². The fourth-order valence-electron chi connectivity index (χ4n) is 5.01. The Kier molecular flexibility index (Phi) is 6.95. The number of hydrogen-bond donors (Lipinski definition) is 3. The molecule has 2 heterocycles. The molecule has 0 bridgehead atoms. The van der Waals surface area contributed by atoms with Gasteiger partial charge >= 0.3 is 0 Å². The molecule has 8 heteroatoms. The highest BCUT2D eigenvalue weighted by molar-refractivity contribution is 6.08. The molecule has 8 nitrogen and oxygen atoms in total. The number of pyridine rings is 1. The lowest BCUT2D eigenvalue weighted by atomic mass is 9.93. The molecule has 41 heavy (non-hydrogen) atoms. The predicted octanol–water partition coefficient (Wildman–Crippen LogP) is 6.65. The van der Waals surface area contributed by atoms with Crippen LogP contribution in [0.25, 0.3) is 33.2 Å². The Morgan fingerprint density at radius 1 is 0.927 bits per heavy atom. The number of aromatic nitrogens is 3. The summed E-state index contributed by atoms with van der Waals surface area (Å²) in [6.07, 6.45) is 8.67. The molecule has 2 aromatic heterocycles. The van der Waals surface area contributed by atoms with E-state index in [2.05, 4.69) is 43.5 Å². The van der Waals surface area contributed by atoms with Gasteiger partial charge in [0.1, 0.15) is 12.1 Å². The molecule has 0 unspecified atom stereocenters. The van der Waals surface area contributed by atoms with Crippen LogP contribution in [-0.4, -0.2) is 33.8 Å². The molecule has 202 valence electrons. The van der Waals surface area contributed by atoms with Crippen LogP contribution in [0.5, 0.6) is 0 Å². The number of fused-ring (bicyclic) bond motifs is 1. The summed E-state index contributed by atoms with van der Waals surface area (Å²) in [4.78, 5) is 38.1. The molecule has 0 atom stereocenters. The van der Waals surface area contributed by atoms with Crippen molar-refractivity contribution < 1.29 is 9.59 Å². The summed E-state index contributed by atoms with van der Waals surface area (Å²) in [7, 11) is 1.86. The summed E-state index contributed by atoms with van der Waals surface area (Å²) in [6.45, 7) is 3.53. The van der Waals surface area contributed by atoms with Crippen molar-refractivity contribution in [3.05, 3.63) is 109 Å². The van der Waals surface area contributed by atoms with Crippen LogP contribution in [0, 0.1) is 0 Å². The van der Waals surface area contributed by atoms with Gasteiger partial charge in [-0.2, -0.15) is 0 Å². The van der Waals surface area contributed by atoms with E-state index in [0.29, 0.717) is 23.0 Å². The van der Waals surface area contributed by atoms with Gasteiger partial charge in [0.25, 0.3) is 5.91 Å². The van der Waals surface area contributed by atoms with E-state index < -0.39 is 0 Å². The van der Waals surface area contributed by atoms with Gasteiger partial charge in [0.15, 0.2) is 0 Å². The summed E-state index contributed by atoms with van der Waals surface area (Å²) in [5.74, 6) is 0.652. The van der Waals surface area contributed by atoms with Crippen molar-refractivity contribution in [2.45, 2.75) is 18.8 Å². The predicted molar refractivity (Wildman–Crippen MR) is 163 cm³/mol. The van der Waals surface area contributed by atoms with Crippen molar-refractivity contribution in [3.8, 4) is 22.3 Å². The van der Waals surface area contributed by atoms with E-state index in [9.17, 15) is 9.59 Å². The first-order valence-corrected chi connectivity index (χ1v) is 13.4. The van der Waals surface area contributed by atoms with Crippen LogP contribution in [0.15, 0.2) is 98.1 Å². The van der Waals surface area contributed by atoms with E-state index in [1.807, 2.05) is 67.7 Å². The number of nitrogens with one attached hydrogen (secondary N) is 3. The van der Waals surface area contributed by atoms with Crippen LogP contribution in [0.2, 0.25) is 0 Å². The van der Waals surface area contributed by atoms with Gasteiger partial charge in [-0.3, -0.25) is 9.59 Å². The molecule has 0 radical (unpaired) electrons. The lowest BCUT2D eigenvalue weighted by Gasteiger charge is -2.17. The van der Waals surface area contributed by atoms with E-state index in [1.165, 1.54) is 30.8 Å². The number of rotatable bonds is 8. The largest absolute Gasteiger partial charge is 0.387 e. The monoisotopic (exact) mass is 540 g/mol. The van der Waals surface area contributed by atoms with Crippen LogP contribution in [-0.2, 0) is 4.79 Å². The topological polar surface area (TPSA) is 109 Å². The minimum absolute atomic E-state index is 0.211. The number of benzene rings is 3. The first kappa shape index (κ1) is 25.9. The molecule has 3 aromatic carbocycles. The standard InChI is InChI=1S/C33H28N6O2/c1-3-30(40)38-25-6-4-5-24(15-25)27-17-26(31(34-2)28-18-35-19-37-32(27)28)21-9-11-22(12-10-21)33(41)39-29-16-23(13-14-36-29)20-7-8-20/h3-6,9-20,34H,1,7-8H2,2H3,(H,38,40)(H,36,39,41). The van der Waals surface area contributed by atoms with Gasteiger partial charge < -0.3 is 16.0 Å². The van der Waals surface area contributed by atoms with Crippen LogP contribution >= 0.6 is 0 Å². The average molecular weight is 541 g/mol. The van der Waals surface area contributed by atoms with Gasteiger partial charge in [0, 0.05) is 47.2 Å². The lowest BCUT2D eigenvalue weighted by Crippen LogP contribution is -2.13. The minimum Gasteiger partial charge on any atom is -0.387 e. The maximum atomic E-state index is 13.0. The van der Waals surface area contributed by atoms with Crippen molar-refractivity contribution in [1.29, 1.82) is 0 Å². The maximum absolute atomic E-state index is 13.0. The van der Waals surface area contributed by atoms with E-state index in [0.717, 1.165) is 38.8 Å². The molecule has 1 fully saturated rings. The zero-order chi connectivity index (χ0) is 28.3. The fraction of sp³-hybridized carbons (Fsp3) is 0.121. The Labute approximate surface area is 237 Å². The van der Waals surface area contributed by atoms with Crippen LogP contribution in [0.4, 0.5) is 17.2 Å². The molecule has 1 aliphatic carbocycles. The molecule has 0 aliphatic heterocycles. The average Bonchev–Trinajstić information content (AvgIpc) is 3.86. The van der Waals surface area contributed by atoms with E-state index >= 15 is 0 Å². The van der Waals surface area contributed by atoms with Crippen LogP contribution < -0.4 is 16.0 Å². The highest BCUT2D eigenvalue weighted by Gasteiger charge is 2.24. The molecule has 1 saturated carbocycles. The Morgan fingerprint density at radius 3 is 2.51 bits per heavy atom. The van der Waals surface area contributed by atoms with E-state index in [4.69, 9.17) is 0 Å². The maximum Gasteiger partial charge on any atom is 0.256 e. The molecule has 1 aliphatic rings. The second-order valence-corrected chi connectivity index (χ2v) is 9.94. The summed E-state index contributed by atoms with van der Waals surface area (Å²) in [5.41, 5.74) is 7.67. The smallest absolute Gasteiger partial charge is 0.256 e. The first-order valence-electron chi connectivity index (χ1n) is 13.4. The molecule has 0 spiro atoms. The quantitative estimate of drug-likeness (QED) is 0.190. The summed E-state index contributed by atoms with van der Waals surface area (Å²) in [6, 6.07) is 21.1. The van der Waals surface area contributed by atoms with Crippen LogP contribution in [0.1, 0.15) is 34.7 Å². The zero-order valence-corrected chi connectivity index (χ0v) is 22.5. The Balaban J connectivity index is 1.36. The molecule has 0 saturated heterocycles. The number of anilines is 3. The third-order valence-corrected chi connectivity index (χ3v) is 7.20. The van der Waals surface area contributed by atoms with Gasteiger partial charge in [-0.25, -0.2) is 15.0 Å². The number of amides is 2. The normalized spacial score (nSPS) is 12.5. The summed E-state index contributed by atoms with van der Waals surface area (Å²) >= 11 is 0. The number of nitrogens with zero attached hydrogens (tertiary/aromatic N) is 3. The number of carbonyl (C=O) groups is 2. The summed E-state index contributed by atoms with van der Waals surface area (Å²) in [5, 5.41) is 9.91. The molecule has 3 N–H and O–H groups in total. The molecule has 2 amide bonds. The summed E-state index contributed by atoms with van der Waals surface area (Å²) < 4.78 is 0. The zero-order valence-electron chi connectivity index (χ0n) is 22.5. The highest BCUT2D eigenvalue weighted by Crippen LogP contribution is 2.41. The second-order valence-electron chi connectivity index (χ2n) is 9.94. The highest BCUT2D eigenvalue weighted by atomic mass is 16.2. The first-order chi connectivity index (χ1) is 20.0. The third-order valence-electron chi connectivity index (χ3n) is 7.20. The van der Waals surface area contributed by atoms with Gasteiger partial charge in [-0.05, 0) is 84.0 Å². The van der Waals surface area contributed by atoms with Crippen molar-refractivity contribution in [1.82, 2.24) is 15.0 Å². The molecule has 5 aromatic rings. The Bertz CT molecular complexity index is 1790. The van der Waals surface area contributed by atoms with E-state index in [1.54, 1.807) is 12.4 Å². The fourth-order valence-corrected chi connectivity index (χ4v) is 5.01. The van der Waals surface area contributed by atoms with E-state index in [-0.39, 0.29) is 11.8 Å². The second kappa shape index (κ2) is 11.0. The minimum atomic E-state index is -0.281. The Hall–Kier alpha value is -5.37. The Morgan fingerprint density at radius 2 is 1.76 bits per heavy atom. The number of carbonyl (C=O) groups excluding carboxylic acids is 2. The van der Waals surface area contributed by atoms with Crippen molar-refractivity contribution in [3.63, 3.8) is 0 Å². The third kappa shape index (κ3) is 5.40. The van der Waals surface area contributed by atoms with Gasteiger partial charge in [0.05, 0.1) is 11.2 Å². The lowest BCUT2D eigenvalue weighted by molar-refractivity contribution is -0.111. The molecular formula is C33H28N6O2. The van der Waals surface area contributed by atoms with Gasteiger partial charge in [-0.1, -0.05) is 30.8 Å². The molecular weight excluding hydrogens is 512 g/mol. The van der Waals surface area contributed by atoms with Gasteiger partial charge in [0.2, 0.25) is 5.91 Å².